The van der Waals surface area contributed by atoms with Gasteiger partial charge in [0.1, 0.15) is 0 Å². The first-order valence-corrected chi connectivity index (χ1v) is 11.8. The first-order valence-electron chi connectivity index (χ1n) is 11.8. The van der Waals surface area contributed by atoms with Gasteiger partial charge in [-0.1, -0.05) is 25.1 Å². The molecule has 180 valence electrons. The van der Waals surface area contributed by atoms with E-state index in [9.17, 15) is 15.0 Å². The van der Waals surface area contributed by atoms with E-state index in [1.165, 1.54) is 0 Å². The number of hydroxylamine groups is 1. The van der Waals surface area contributed by atoms with E-state index < -0.39 is 5.97 Å². The highest BCUT2D eigenvalue weighted by Crippen LogP contribution is 2.61. The van der Waals surface area contributed by atoms with Gasteiger partial charge in [0.15, 0.2) is 11.5 Å². The minimum Gasteiger partial charge on any atom is -0.504 e. The molecule has 3 aliphatic carbocycles. The summed E-state index contributed by atoms with van der Waals surface area (Å²) >= 11 is 0. The molecule has 3 aliphatic rings. The van der Waals surface area contributed by atoms with E-state index in [1.54, 1.807) is 37.4 Å². The smallest absolute Gasteiger partial charge is 0.335 e. The lowest BCUT2D eigenvalue weighted by atomic mass is 9.56. The largest absolute Gasteiger partial charge is 0.504 e. The van der Waals surface area contributed by atoms with Crippen molar-refractivity contribution >= 4 is 11.7 Å². The maximum absolute atomic E-state index is 11.1. The van der Waals surface area contributed by atoms with Crippen molar-refractivity contribution in [1.29, 1.82) is 0 Å². The average molecular weight is 466 g/mol. The maximum Gasteiger partial charge on any atom is 0.335 e. The summed E-state index contributed by atoms with van der Waals surface area (Å²) in [4.78, 5) is 16.9. The number of aliphatic hydroxyl groups is 1. The Morgan fingerprint density at radius 1 is 1.18 bits per heavy atom. The maximum atomic E-state index is 11.1. The van der Waals surface area contributed by atoms with Crippen LogP contribution in [0.15, 0.2) is 42.5 Å². The fourth-order valence-corrected chi connectivity index (χ4v) is 6.36. The Labute approximate surface area is 199 Å². The minimum atomic E-state index is -0.962. The molecule has 34 heavy (non-hydrogen) atoms. The van der Waals surface area contributed by atoms with Gasteiger partial charge < -0.3 is 20.1 Å². The quantitative estimate of drug-likeness (QED) is 0.467. The van der Waals surface area contributed by atoms with Gasteiger partial charge in [0.05, 0.1) is 31.1 Å². The monoisotopic (exact) mass is 465 g/mol. The van der Waals surface area contributed by atoms with Crippen molar-refractivity contribution < 1.29 is 29.7 Å². The van der Waals surface area contributed by atoms with Gasteiger partial charge in [-0.25, -0.2) is 4.79 Å². The highest BCUT2D eigenvalue weighted by atomic mass is 16.6. The molecule has 7 heteroatoms. The average Bonchev–Trinajstić information content (AvgIpc) is 3.13. The lowest BCUT2D eigenvalue weighted by Gasteiger charge is -2.49. The Balaban J connectivity index is 1.43. The number of allylic oxidation sites excluding steroid dienone is 1. The van der Waals surface area contributed by atoms with E-state index in [-0.39, 0.29) is 35.4 Å². The molecular weight excluding hydrogens is 434 g/mol. The summed E-state index contributed by atoms with van der Waals surface area (Å²) in [6.45, 7) is 2.47. The fourth-order valence-electron chi connectivity index (χ4n) is 6.36. The van der Waals surface area contributed by atoms with Gasteiger partial charge in [-0.2, -0.15) is 0 Å². The molecule has 2 fully saturated rings. The zero-order chi connectivity index (χ0) is 24.0. The van der Waals surface area contributed by atoms with Gasteiger partial charge in [0, 0.05) is 5.56 Å². The summed E-state index contributed by atoms with van der Waals surface area (Å²) in [6.07, 6.45) is 5.70. The minimum absolute atomic E-state index is 0.0774. The molecule has 0 radical (unpaired) electrons. The van der Waals surface area contributed by atoms with E-state index in [4.69, 9.17) is 14.7 Å². The number of hydrogen-bond donors (Lipinski definition) is 4. The van der Waals surface area contributed by atoms with E-state index in [2.05, 4.69) is 18.5 Å². The number of aliphatic hydroxyl groups excluding tert-OH is 1. The number of methoxy groups -OCH3 is 1. The van der Waals surface area contributed by atoms with Gasteiger partial charge in [0.25, 0.3) is 0 Å². The molecule has 0 heterocycles. The van der Waals surface area contributed by atoms with E-state index in [0.717, 1.165) is 48.1 Å². The van der Waals surface area contributed by atoms with Crippen LogP contribution in [0.2, 0.25) is 0 Å². The van der Waals surface area contributed by atoms with Crippen molar-refractivity contribution in [3.8, 4) is 11.5 Å². The third-order valence-electron chi connectivity index (χ3n) is 8.30. The third-order valence-corrected chi connectivity index (χ3v) is 8.30. The molecule has 5 atom stereocenters. The molecule has 2 aromatic rings. The molecule has 0 spiro atoms. The molecule has 0 aromatic heterocycles. The second-order valence-corrected chi connectivity index (χ2v) is 10.0. The molecule has 0 amide bonds. The number of phenols is 1. The fraction of sp³-hybridized carbons (Fsp3) is 0.444. The SMILES string of the molecule is COc1cc2c(cc1O)C(NOCc1ccc(C(=O)O)cc1)=C[C@@H]1[C@@H]2CC[C@]2(C)[C@@H](O)CC[C@@H]12. The molecule has 7 nitrogen and oxygen atoms in total. The van der Waals surface area contributed by atoms with Crippen LogP contribution in [0.3, 0.4) is 0 Å². The molecule has 2 saturated carbocycles. The van der Waals surface area contributed by atoms with Crippen LogP contribution in [-0.4, -0.2) is 34.5 Å². The molecule has 4 N–H and O–H groups in total. The lowest BCUT2D eigenvalue weighted by Crippen LogP contribution is -2.43. The Kier molecular flexibility index (Phi) is 5.78. The van der Waals surface area contributed by atoms with Gasteiger partial charge in [-0.3, -0.25) is 10.3 Å². The number of ether oxygens (including phenoxy) is 1. The predicted molar refractivity (Wildman–Crippen MR) is 126 cm³/mol. The summed E-state index contributed by atoms with van der Waals surface area (Å²) in [5.41, 5.74) is 6.89. The normalized spacial score (nSPS) is 29.4. The Morgan fingerprint density at radius 3 is 2.65 bits per heavy atom. The highest BCUT2D eigenvalue weighted by Gasteiger charge is 2.54. The van der Waals surface area contributed by atoms with Crippen LogP contribution in [0, 0.1) is 17.3 Å². The van der Waals surface area contributed by atoms with Crippen molar-refractivity contribution in [2.75, 3.05) is 7.11 Å². The molecule has 0 saturated heterocycles. The number of phenolic OH excluding ortho intramolecular Hbond substituents is 1. The van der Waals surface area contributed by atoms with Gasteiger partial charge >= 0.3 is 5.97 Å². The van der Waals surface area contributed by atoms with Crippen molar-refractivity contribution in [2.45, 2.75) is 51.2 Å². The number of carboxylic acids is 1. The highest BCUT2D eigenvalue weighted by molar-refractivity contribution is 5.87. The molecule has 0 unspecified atom stereocenters. The lowest BCUT2D eigenvalue weighted by molar-refractivity contribution is -0.00877. The van der Waals surface area contributed by atoms with Crippen molar-refractivity contribution in [1.82, 2.24) is 5.48 Å². The van der Waals surface area contributed by atoms with Crippen molar-refractivity contribution in [2.24, 2.45) is 17.3 Å². The Morgan fingerprint density at radius 2 is 1.94 bits per heavy atom. The zero-order valence-corrected chi connectivity index (χ0v) is 19.5. The number of nitrogens with one attached hydrogen (secondary N) is 1. The first-order chi connectivity index (χ1) is 16.3. The number of hydrogen-bond acceptors (Lipinski definition) is 6. The predicted octanol–water partition coefficient (Wildman–Crippen LogP) is 4.45. The number of carbonyl (C=O) groups is 1. The topological polar surface area (TPSA) is 108 Å². The number of aromatic carboxylic acids is 1. The Hall–Kier alpha value is -3.03. The first kappa shape index (κ1) is 22.7. The summed E-state index contributed by atoms with van der Waals surface area (Å²) < 4.78 is 5.41. The van der Waals surface area contributed by atoms with Crippen molar-refractivity contribution in [3.05, 3.63) is 64.7 Å². The zero-order valence-electron chi connectivity index (χ0n) is 19.5. The summed E-state index contributed by atoms with van der Waals surface area (Å²) in [7, 11) is 1.56. The van der Waals surface area contributed by atoms with Crippen LogP contribution >= 0.6 is 0 Å². The van der Waals surface area contributed by atoms with Crippen molar-refractivity contribution in [3.63, 3.8) is 0 Å². The number of carboxylic acid groups (broad SMARTS) is 1. The van der Waals surface area contributed by atoms with Gasteiger partial charge in [0.2, 0.25) is 0 Å². The van der Waals surface area contributed by atoms with Crippen LogP contribution in [0.5, 0.6) is 11.5 Å². The van der Waals surface area contributed by atoms with E-state index >= 15 is 0 Å². The summed E-state index contributed by atoms with van der Waals surface area (Å²) in [5, 5.41) is 30.3. The summed E-state index contributed by atoms with van der Waals surface area (Å²) in [6, 6.07) is 10.2. The van der Waals surface area contributed by atoms with E-state index in [1.807, 2.05) is 6.07 Å². The summed E-state index contributed by atoms with van der Waals surface area (Å²) in [5.74, 6) is 0.484. The van der Waals surface area contributed by atoms with Crippen LogP contribution in [0.1, 0.15) is 65.6 Å². The molecule has 2 aromatic carbocycles. The molecule has 5 rings (SSSR count). The van der Waals surface area contributed by atoms with Gasteiger partial charge in [-0.15, -0.1) is 0 Å². The van der Waals surface area contributed by atoms with Crippen LogP contribution < -0.4 is 10.2 Å². The Bertz CT molecular complexity index is 1130. The number of rotatable bonds is 6. The standard InChI is InChI=1S/C27H31NO6/c1-27-10-9-17-18-13-24(33-2)23(29)12-20(18)22(11-19(17)21(27)7-8-25(27)30)28-34-14-15-3-5-16(6-4-15)26(31)32/h3-6,11-13,17,19,21,25,28-30H,7-10,14H2,1-2H3,(H,31,32)/t17-,19-,21+,25+,27+/m1/s1. The second-order valence-electron chi connectivity index (χ2n) is 10.0. The van der Waals surface area contributed by atoms with Crippen LogP contribution in [0.25, 0.3) is 5.70 Å². The van der Waals surface area contributed by atoms with Gasteiger partial charge in [-0.05, 0) is 84.2 Å². The number of benzene rings is 2. The third kappa shape index (κ3) is 3.73. The van der Waals surface area contributed by atoms with E-state index in [0.29, 0.717) is 17.6 Å². The molecule has 0 aliphatic heterocycles. The molecular formula is C27H31NO6. The van der Waals surface area contributed by atoms with Crippen LogP contribution in [-0.2, 0) is 11.4 Å². The van der Waals surface area contributed by atoms with Crippen LogP contribution in [0.4, 0.5) is 0 Å². The number of fused-ring (bicyclic) bond motifs is 5. The second kappa shape index (κ2) is 8.64. The molecule has 0 bridgehead atoms. The number of aromatic hydroxyl groups is 1.